The normalized spacial score (nSPS) is 18.5. The zero-order chi connectivity index (χ0) is 8.15. The number of amidine groups is 1. The highest BCUT2D eigenvalue weighted by Gasteiger charge is 2.03. The lowest BCUT2D eigenvalue weighted by atomic mass is 10.5. The SMILES string of the molecule is CC(N)=NCC(C)S(C)=O. The first-order valence-corrected chi connectivity index (χ1v) is 4.75. The van der Waals surface area contributed by atoms with Gasteiger partial charge in [-0.25, -0.2) is 0 Å². The minimum absolute atomic E-state index is 0.110. The summed E-state index contributed by atoms with van der Waals surface area (Å²) in [6.07, 6.45) is 1.67. The van der Waals surface area contributed by atoms with Crippen molar-refractivity contribution in [3.05, 3.63) is 0 Å². The van der Waals surface area contributed by atoms with E-state index < -0.39 is 10.8 Å². The van der Waals surface area contributed by atoms with Crippen LogP contribution in [0.1, 0.15) is 13.8 Å². The Kier molecular flexibility index (Phi) is 4.27. The van der Waals surface area contributed by atoms with Crippen LogP contribution in [0.15, 0.2) is 4.99 Å². The van der Waals surface area contributed by atoms with Crippen molar-refractivity contribution < 1.29 is 4.21 Å². The highest BCUT2D eigenvalue weighted by atomic mass is 32.2. The Morgan fingerprint density at radius 2 is 2.30 bits per heavy atom. The third-order valence-corrected chi connectivity index (χ3v) is 2.45. The summed E-state index contributed by atoms with van der Waals surface area (Å²) in [6.45, 7) is 4.18. The fourth-order valence-corrected chi connectivity index (χ4v) is 0.662. The van der Waals surface area contributed by atoms with Crippen LogP contribution in [0, 0.1) is 0 Å². The lowest BCUT2D eigenvalue weighted by Gasteiger charge is -2.02. The van der Waals surface area contributed by atoms with Crippen molar-refractivity contribution in [2.45, 2.75) is 19.1 Å². The molecule has 0 saturated heterocycles. The van der Waals surface area contributed by atoms with Crippen molar-refractivity contribution in [1.29, 1.82) is 0 Å². The minimum atomic E-state index is -0.789. The fourth-order valence-electron chi connectivity index (χ4n) is 0.378. The Bertz CT molecular complexity index is 152. The van der Waals surface area contributed by atoms with Crippen molar-refractivity contribution in [2.75, 3.05) is 12.8 Å². The van der Waals surface area contributed by atoms with Crippen LogP contribution in [0.5, 0.6) is 0 Å². The quantitative estimate of drug-likeness (QED) is 0.474. The second-order valence-corrected chi connectivity index (χ2v) is 4.09. The summed E-state index contributed by atoms with van der Waals surface area (Å²) in [7, 11) is -0.789. The lowest BCUT2D eigenvalue weighted by Crippen LogP contribution is -2.16. The van der Waals surface area contributed by atoms with Gasteiger partial charge in [0.2, 0.25) is 0 Å². The molecule has 2 N–H and O–H groups in total. The average Bonchev–Trinajstić information content (AvgIpc) is 1.82. The first-order chi connectivity index (χ1) is 4.54. The molecular formula is C6H14N2OS. The van der Waals surface area contributed by atoms with Gasteiger partial charge in [0.15, 0.2) is 0 Å². The van der Waals surface area contributed by atoms with Gasteiger partial charge < -0.3 is 5.73 Å². The van der Waals surface area contributed by atoms with Crippen LogP contribution < -0.4 is 5.73 Å². The lowest BCUT2D eigenvalue weighted by molar-refractivity contribution is 0.677. The molecule has 2 atom stereocenters. The molecule has 2 unspecified atom stereocenters. The van der Waals surface area contributed by atoms with Gasteiger partial charge in [0, 0.05) is 17.1 Å². The molecule has 0 radical (unpaired) electrons. The summed E-state index contributed by atoms with van der Waals surface area (Å²) >= 11 is 0. The van der Waals surface area contributed by atoms with E-state index in [4.69, 9.17) is 5.73 Å². The van der Waals surface area contributed by atoms with E-state index >= 15 is 0 Å². The second-order valence-electron chi connectivity index (χ2n) is 2.29. The molecule has 0 aliphatic carbocycles. The van der Waals surface area contributed by atoms with Crippen molar-refractivity contribution in [2.24, 2.45) is 10.7 Å². The number of nitrogens with two attached hydrogens (primary N) is 1. The maximum absolute atomic E-state index is 10.8. The molecule has 10 heavy (non-hydrogen) atoms. The summed E-state index contributed by atoms with van der Waals surface area (Å²) < 4.78 is 10.8. The van der Waals surface area contributed by atoms with Gasteiger partial charge in [0.1, 0.15) is 0 Å². The molecule has 0 amide bonds. The zero-order valence-corrected chi connectivity index (χ0v) is 7.44. The third-order valence-electron chi connectivity index (χ3n) is 1.16. The molecule has 0 heterocycles. The van der Waals surface area contributed by atoms with Gasteiger partial charge in [-0.3, -0.25) is 9.20 Å². The summed E-state index contributed by atoms with van der Waals surface area (Å²) in [5, 5.41) is 0.110. The molecule has 0 saturated carbocycles. The Hall–Kier alpha value is -0.380. The molecule has 0 bridgehead atoms. The molecule has 0 fully saturated rings. The molecule has 3 nitrogen and oxygen atoms in total. The predicted molar refractivity (Wildman–Crippen MR) is 45.7 cm³/mol. The van der Waals surface area contributed by atoms with Gasteiger partial charge >= 0.3 is 0 Å². The Morgan fingerprint density at radius 1 is 1.80 bits per heavy atom. The number of hydrogen-bond acceptors (Lipinski definition) is 2. The molecule has 0 aromatic carbocycles. The van der Waals surface area contributed by atoms with Crippen molar-refractivity contribution in [3.63, 3.8) is 0 Å². The number of rotatable bonds is 3. The first-order valence-electron chi connectivity index (χ1n) is 3.12. The van der Waals surface area contributed by atoms with Crippen LogP contribution in [-0.4, -0.2) is 28.1 Å². The standard InChI is InChI=1S/C6H14N2OS/c1-5(10(3)9)4-8-6(2)7/h5H,4H2,1-3H3,(H2,7,8). The van der Waals surface area contributed by atoms with Crippen LogP contribution in [0.2, 0.25) is 0 Å². The van der Waals surface area contributed by atoms with Gasteiger partial charge in [0.25, 0.3) is 0 Å². The highest BCUT2D eigenvalue weighted by molar-refractivity contribution is 7.84. The van der Waals surface area contributed by atoms with Crippen molar-refractivity contribution in [3.8, 4) is 0 Å². The monoisotopic (exact) mass is 162 g/mol. The molecule has 0 aliphatic rings. The van der Waals surface area contributed by atoms with Crippen LogP contribution in [0.3, 0.4) is 0 Å². The fraction of sp³-hybridized carbons (Fsp3) is 0.833. The van der Waals surface area contributed by atoms with E-state index in [1.807, 2.05) is 6.92 Å². The van der Waals surface area contributed by atoms with E-state index in [-0.39, 0.29) is 5.25 Å². The minimum Gasteiger partial charge on any atom is -0.388 e. The zero-order valence-electron chi connectivity index (χ0n) is 6.63. The smallest absolute Gasteiger partial charge is 0.0906 e. The average molecular weight is 162 g/mol. The molecular weight excluding hydrogens is 148 g/mol. The Labute approximate surface area is 64.2 Å². The Morgan fingerprint density at radius 3 is 2.60 bits per heavy atom. The van der Waals surface area contributed by atoms with Crippen LogP contribution >= 0.6 is 0 Å². The molecule has 0 aliphatic heterocycles. The molecule has 4 heteroatoms. The van der Waals surface area contributed by atoms with Crippen LogP contribution in [-0.2, 0) is 10.8 Å². The maximum atomic E-state index is 10.8. The largest absolute Gasteiger partial charge is 0.388 e. The molecule has 60 valence electrons. The van der Waals surface area contributed by atoms with E-state index in [1.165, 1.54) is 0 Å². The predicted octanol–water partition coefficient (Wildman–Crippen LogP) is 0.130. The van der Waals surface area contributed by atoms with Gasteiger partial charge in [-0.2, -0.15) is 0 Å². The van der Waals surface area contributed by atoms with Crippen LogP contribution in [0.25, 0.3) is 0 Å². The van der Waals surface area contributed by atoms with E-state index in [0.29, 0.717) is 12.4 Å². The van der Waals surface area contributed by atoms with E-state index in [1.54, 1.807) is 13.2 Å². The molecule has 0 aromatic rings. The number of nitrogens with zero attached hydrogens (tertiary/aromatic N) is 1. The Balaban J connectivity index is 3.70. The van der Waals surface area contributed by atoms with Gasteiger partial charge in [-0.05, 0) is 13.8 Å². The molecule has 0 spiro atoms. The number of hydrogen-bond donors (Lipinski definition) is 1. The molecule has 0 aromatic heterocycles. The van der Waals surface area contributed by atoms with Gasteiger partial charge in [-0.1, -0.05) is 0 Å². The summed E-state index contributed by atoms with van der Waals surface area (Å²) in [5.41, 5.74) is 5.29. The van der Waals surface area contributed by atoms with Gasteiger partial charge in [0.05, 0.1) is 17.6 Å². The van der Waals surface area contributed by atoms with E-state index in [0.717, 1.165) is 0 Å². The second kappa shape index (κ2) is 4.44. The van der Waals surface area contributed by atoms with Gasteiger partial charge in [-0.15, -0.1) is 0 Å². The van der Waals surface area contributed by atoms with Crippen molar-refractivity contribution in [1.82, 2.24) is 0 Å². The van der Waals surface area contributed by atoms with E-state index in [2.05, 4.69) is 4.99 Å². The first kappa shape index (κ1) is 9.62. The number of aliphatic imine (C=N–C) groups is 1. The third kappa shape index (κ3) is 4.49. The summed E-state index contributed by atoms with van der Waals surface area (Å²) in [5.74, 6) is 0.553. The molecule has 0 rings (SSSR count). The topological polar surface area (TPSA) is 55.4 Å². The van der Waals surface area contributed by atoms with E-state index in [9.17, 15) is 4.21 Å². The van der Waals surface area contributed by atoms with Crippen molar-refractivity contribution >= 4 is 16.6 Å². The summed E-state index contributed by atoms with van der Waals surface area (Å²) in [6, 6.07) is 0. The maximum Gasteiger partial charge on any atom is 0.0906 e. The highest BCUT2D eigenvalue weighted by Crippen LogP contribution is 1.92. The van der Waals surface area contributed by atoms with Crippen LogP contribution in [0.4, 0.5) is 0 Å². The summed E-state index contributed by atoms with van der Waals surface area (Å²) in [4.78, 5) is 3.95.